The minimum atomic E-state index is 0.172. The van der Waals surface area contributed by atoms with Crippen LogP contribution in [-0.2, 0) is 6.54 Å². The molecule has 2 aromatic rings. The molecule has 7 nitrogen and oxygen atoms in total. The number of methoxy groups -OCH3 is 1. The van der Waals surface area contributed by atoms with Crippen molar-refractivity contribution in [1.82, 2.24) is 19.8 Å². The number of anilines is 1. The Balaban J connectivity index is 1.32. The fraction of sp³-hybridized carbons (Fsp3) is 0.545. The van der Waals surface area contributed by atoms with Crippen LogP contribution in [0.3, 0.4) is 0 Å². The molecule has 0 spiro atoms. The van der Waals surface area contributed by atoms with E-state index in [9.17, 15) is 0 Å². The molecule has 1 aromatic heterocycles. The van der Waals surface area contributed by atoms with Crippen LogP contribution in [0.1, 0.15) is 18.4 Å². The first-order chi connectivity index (χ1) is 14.2. The van der Waals surface area contributed by atoms with Crippen molar-refractivity contribution in [2.45, 2.75) is 25.5 Å². The number of likely N-dealkylation sites (N-methyl/N-ethyl adjacent to an activating group) is 1. The van der Waals surface area contributed by atoms with Gasteiger partial charge in [-0.05, 0) is 38.6 Å². The van der Waals surface area contributed by atoms with Gasteiger partial charge >= 0.3 is 0 Å². The molecule has 1 unspecified atom stereocenters. The number of likely N-dealkylation sites (tertiary alicyclic amines) is 1. The lowest BCUT2D eigenvalue weighted by Gasteiger charge is -2.33. The van der Waals surface area contributed by atoms with Crippen LogP contribution in [0.15, 0.2) is 36.7 Å². The van der Waals surface area contributed by atoms with Crippen molar-refractivity contribution >= 4 is 5.95 Å². The second kappa shape index (κ2) is 9.41. The second-order valence-corrected chi connectivity index (χ2v) is 7.95. The largest absolute Gasteiger partial charge is 0.493 e. The Morgan fingerprint density at radius 1 is 1.00 bits per heavy atom. The fourth-order valence-electron chi connectivity index (χ4n) is 4.01. The van der Waals surface area contributed by atoms with Crippen molar-refractivity contribution in [3.8, 4) is 11.5 Å². The zero-order chi connectivity index (χ0) is 20.1. The molecule has 0 aliphatic carbocycles. The molecule has 2 fully saturated rings. The number of benzene rings is 1. The minimum absolute atomic E-state index is 0.172. The van der Waals surface area contributed by atoms with Gasteiger partial charge in [-0.1, -0.05) is 12.1 Å². The maximum Gasteiger partial charge on any atom is 0.225 e. The Morgan fingerprint density at radius 3 is 2.45 bits per heavy atom. The molecule has 0 bridgehead atoms. The second-order valence-electron chi connectivity index (χ2n) is 7.95. The number of hydrogen-bond donors (Lipinski definition) is 0. The number of rotatable bonds is 6. The van der Waals surface area contributed by atoms with Crippen molar-refractivity contribution in [3.05, 3.63) is 42.2 Å². The molecular formula is C22H31N5O2. The lowest BCUT2D eigenvalue weighted by molar-refractivity contribution is 0.0819. The van der Waals surface area contributed by atoms with Crippen LogP contribution < -0.4 is 14.4 Å². The van der Waals surface area contributed by atoms with Crippen LogP contribution in [0.25, 0.3) is 0 Å². The fourth-order valence-corrected chi connectivity index (χ4v) is 4.01. The number of hydrogen-bond acceptors (Lipinski definition) is 7. The van der Waals surface area contributed by atoms with E-state index in [4.69, 9.17) is 9.47 Å². The summed E-state index contributed by atoms with van der Waals surface area (Å²) in [5.74, 6) is 2.46. The molecule has 2 aliphatic rings. The monoisotopic (exact) mass is 397 g/mol. The van der Waals surface area contributed by atoms with Crippen molar-refractivity contribution < 1.29 is 9.47 Å². The molecule has 7 heteroatoms. The summed E-state index contributed by atoms with van der Waals surface area (Å²) in [6.07, 6.45) is 6.31. The van der Waals surface area contributed by atoms with Gasteiger partial charge in [-0.2, -0.15) is 0 Å². The highest BCUT2D eigenvalue weighted by Gasteiger charge is 2.23. The van der Waals surface area contributed by atoms with Crippen molar-refractivity contribution in [2.24, 2.45) is 0 Å². The van der Waals surface area contributed by atoms with E-state index in [1.807, 2.05) is 36.7 Å². The number of aromatic nitrogens is 2. The molecular weight excluding hydrogens is 366 g/mol. The molecule has 0 radical (unpaired) electrons. The molecule has 2 saturated heterocycles. The average molecular weight is 398 g/mol. The first-order valence-electron chi connectivity index (χ1n) is 10.5. The zero-order valence-electron chi connectivity index (χ0n) is 17.5. The number of piperidine rings is 1. The van der Waals surface area contributed by atoms with Gasteiger partial charge in [-0.25, -0.2) is 9.97 Å². The molecule has 156 valence electrons. The van der Waals surface area contributed by atoms with E-state index in [1.54, 1.807) is 7.11 Å². The molecule has 0 N–H and O–H groups in total. The molecule has 0 saturated carbocycles. The van der Waals surface area contributed by atoms with E-state index in [2.05, 4.69) is 31.7 Å². The Hall–Kier alpha value is -2.38. The smallest absolute Gasteiger partial charge is 0.225 e. The van der Waals surface area contributed by atoms with Crippen LogP contribution >= 0.6 is 0 Å². The summed E-state index contributed by atoms with van der Waals surface area (Å²) in [6.45, 7) is 6.94. The SMILES string of the molecule is COc1ccccc1OC1CCCN(Cc2cnc(N3CCN(C)CC3)nc2)C1. The normalized spacial score (nSPS) is 21.2. The quantitative estimate of drug-likeness (QED) is 0.741. The minimum Gasteiger partial charge on any atom is -0.493 e. The Morgan fingerprint density at radius 2 is 1.72 bits per heavy atom. The van der Waals surface area contributed by atoms with Crippen LogP contribution in [0, 0.1) is 0 Å². The van der Waals surface area contributed by atoms with Gasteiger partial charge in [0.1, 0.15) is 6.10 Å². The van der Waals surface area contributed by atoms with Gasteiger partial charge in [0.2, 0.25) is 5.95 Å². The van der Waals surface area contributed by atoms with Gasteiger partial charge < -0.3 is 19.3 Å². The summed E-state index contributed by atoms with van der Waals surface area (Å²) in [4.78, 5) is 16.3. The molecule has 4 rings (SSSR count). The Kier molecular flexibility index (Phi) is 6.46. The predicted molar refractivity (Wildman–Crippen MR) is 114 cm³/mol. The van der Waals surface area contributed by atoms with Gasteiger partial charge in [-0.15, -0.1) is 0 Å². The Labute approximate surface area is 173 Å². The van der Waals surface area contributed by atoms with E-state index >= 15 is 0 Å². The van der Waals surface area contributed by atoms with E-state index in [1.165, 1.54) is 0 Å². The maximum absolute atomic E-state index is 6.24. The first-order valence-corrected chi connectivity index (χ1v) is 10.5. The molecule has 1 atom stereocenters. The van der Waals surface area contributed by atoms with Gasteiger partial charge in [0.05, 0.1) is 7.11 Å². The van der Waals surface area contributed by atoms with Crippen LogP contribution in [0.4, 0.5) is 5.95 Å². The third-order valence-electron chi connectivity index (χ3n) is 5.71. The van der Waals surface area contributed by atoms with Crippen LogP contribution in [0.2, 0.25) is 0 Å². The summed E-state index contributed by atoms with van der Waals surface area (Å²) < 4.78 is 11.7. The summed E-state index contributed by atoms with van der Waals surface area (Å²) in [6, 6.07) is 7.86. The van der Waals surface area contributed by atoms with Gasteiger partial charge in [0, 0.05) is 57.2 Å². The highest BCUT2D eigenvalue weighted by Crippen LogP contribution is 2.28. The summed E-state index contributed by atoms with van der Waals surface area (Å²) in [7, 11) is 3.84. The Bertz CT molecular complexity index is 777. The standard InChI is InChI=1S/C22H31N5O2/c1-25-10-12-27(13-11-25)22-23-14-18(15-24-22)16-26-9-5-6-19(17-26)29-21-8-4-3-7-20(21)28-2/h3-4,7-8,14-15,19H,5-6,9-13,16-17H2,1-2H3. The highest BCUT2D eigenvalue weighted by molar-refractivity contribution is 5.39. The topological polar surface area (TPSA) is 54.0 Å². The molecule has 29 heavy (non-hydrogen) atoms. The number of ether oxygens (including phenoxy) is 2. The van der Waals surface area contributed by atoms with E-state index in [0.717, 1.165) is 81.7 Å². The number of piperazine rings is 1. The lowest BCUT2D eigenvalue weighted by atomic mass is 10.1. The first kappa shape index (κ1) is 19.9. The molecule has 0 amide bonds. The average Bonchev–Trinajstić information content (AvgIpc) is 2.76. The van der Waals surface area contributed by atoms with Crippen molar-refractivity contribution in [3.63, 3.8) is 0 Å². The highest BCUT2D eigenvalue weighted by atomic mass is 16.5. The summed E-state index contributed by atoms with van der Waals surface area (Å²) >= 11 is 0. The van der Waals surface area contributed by atoms with E-state index in [0.29, 0.717) is 0 Å². The third-order valence-corrected chi connectivity index (χ3v) is 5.71. The predicted octanol–water partition coefficient (Wildman–Crippen LogP) is 2.28. The third kappa shape index (κ3) is 5.16. The van der Waals surface area contributed by atoms with Gasteiger partial charge in [0.25, 0.3) is 0 Å². The zero-order valence-corrected chi connectivity index (χ0v) is 17.5. The number of para-hydroxylation sites is 2. The van der Waals surface area contributed by atoms with Crippen molar-refractivity contribution in [1.29, 1.82) is 0 Å². The van der Waals surface area contributed by atoms with E-state index in [-0.39, 0.29) is 6.10 Å². The van der Waals surface area contributed by atoms with Gasteiger partial charge in [-0.3, -0.25) is 4.90 Å². The molecule has 3 heterocycles. The van der Waals surface area contributed by atoms with Gasteiger partial charge in [0.15, 0.2) is 11.5 Å². The number of nitrogens with zero attached hydrogens (tertiary/aromatic N) is 5. The molecule has 1 aromatic carbocycles. The van der Waals surface area contributed by atoms with E-state index < -0.39 is 0 Å². The summed E-state index contributed by atoms with van der Waals surface area (Å²) in [5, 5.41) is 0. The molecule has 2 aliphatic heterocycles. The van der Waals surface area contributed by atoms with Crippen molar-refractivity contribution in [2.75, 3.05) is 58.3 Å². The van der Waals surface area contributed by atoms with Crippen LogP contribution in [0.5, 0.6) is 11.5 Å². The van der Waals surface area contributed by atoms with Crippen LogP contribution in [-0.4, -0.2) is 79.3 Å². The summed E-state index contributed by atoms with van der Waals surface area (Å²) in [5.41, 5.74) is 1.15. The maximum atomic E-state index is 6.24. The lowest BCUT2D eigenvalue weighted by Crippen LogP contribution is -2.45.